The molecule has 1 atom stereocenters. The van der Waals surface area contributed by atoms with Crippen molar-refractivity contribution in [3.05, 3.63) is 71.0 Å². The molecule has 0 fully saturated rings. The van der Waals surface area contributed by atoms with E-state index in [1.807, 2.05) is 0 Å². The van der Waals surface area contributed by atoms with E-state index in [0.717, 1.165) is 12.1 Å². The van der Waals surface area contributed by atoms with Crippen molar-refractivity contribution >= 4 is 0 Å². The minimum absolute atomic E-state index is 0.335. The van der Waals surface area contributed by atoms with Crippen LogP contribution in [0.3, 0.4) is 0 Å². The fourth-order valence-electron chi connectivity index (χ4n) is 1.77. The molecule has 2 aromatic rings. The molecule has 0 saturated heterocycles. The molecule has 1 nitrogen and oxygen atoms in total. The Labute approximate surface area is 107 Å². The molecule has 0 aliphatic carbocycles. The van der Waals surface area contributed by atoms with Gasteiger partial charge in [0.1, 0.15) is 5.82 Å². The minimum Gasteiger partial charge on any atom is -0.320 e. The second-order valence-corrected chi connectivity index (χ2v) is 4.15. The van der Waals surface area contributed by atoms with Crippen molar-refractivity contribution in [2.45, 2.75) is 12.2 Å². The summed E-state index contributed by atoms with van der Waals surface area (Å²) >= 11 is 0. The zero-order valence-electron chi connectivity index (χ0n) is 9.79. The van der Waals surface area contributed by atoms with Crippen LogP contribution in [0.5, 0.6) is 0 Å². The van der Waals surface area contributed by atoms with Crippen LogP contribution in [0.25, 0.3) is 0 Å². The van der Waals surface area contributed by atoms with E-state index in [-0.39, 0.29) is 0 Å². The number of rotatable bonds is 2. The summed E-state index contributed by atoms with van der Waals surface area (Å²) in [7, 11) is 0. The average Bonchev–Trinajstić information content (AvgIpc) is 2.38. The van der Waals surface area contributed by atoms with Crippen molar-refractivity contribution < 1.29 is 17.6 Å². The highest BCUT2D eigenvalue weighted by Gasteiger charge is 2.30. The summed E-state index contributed by atoms with van der Waals surface area (Å²) in [4.78, 5) is 0. The maximum absolute atomic E-state index is 12.8. The van der Waals surface area contributed by atoms with E-state index in [1.165, 1.54) is 36.4 Å². The number of halogens is 4. The first-order valence-corrected chi connectivity index (χ1v) is 5.56. The van der Waals surface area contributed by atoms with Gasteiger partial charge < -0.3 is 5.73 Å². The molecule has 0 aliphatic rings. The Morgan fingerprint density at radius 2 is 1.53 bits per heavy atom. The third-order valence-electron chi connectivity index (χ3n) is 2.80. The predicted molar refractivity (Wildman–Crippen MR) is 63.9 cm³/mol. The highest BCUT2D eigenvalue weighted by molar-refractivity contribution is 5.34. The van der Waals surface area contributed by atoms with Crippen molar-refractivity contribution in [2.24, 2.45) is 5.73 Å². The number of nitrogens with two attached hydrogens (primary N) is 1. The van der Waals surface area contributed by atoms with E-state index < -0.39 is 23.6 Å². The van der Waals surface area contributed by atoms with Crippen LogP contribution in [0.2, 0.25) is 0 Å². The lowest BCUT2D eigenvalue weighted by Gasteiger charge is -2.15. The van der Waals surface area contributed by atoms with Gasteiger partial charge >= 0.3 is 6.18 Å². The van der Waals surface area contributed by atoms with Gasteiger partial charge in [-0.15, -0.1) is 0 Å². The smallest absolute Gasteiger partial charge is 0.320 e. The molecule has 0 aliphatic heterocycles. The van der Waals surface area contributed by atoms with Gasteiger partial charge in [-0.2, -0.15) is 13.2 Å². The van der Waals surface area contributed by atoms with Crippen LogP contribution in [0.4, 0.5) is 17.6 Å². The Morgan fingerprint density at radius 1 is 0.895 bits per heavy atom. The predicted octanol–water partition coefficient (Wildman–Crippen LogP) is 3.89. The quantitative estimate of drug-likeness (QED) is 0.822. The number of hydrogen-bond acceptors (Lipinski definition) is 1. The first-order chi connectivity index (χ1) is 8.88. The van der Waals surface area contributed by atoms with Gasteiger partial charge in [-0.05, 0) is 35.4 Å². The fraction of sp³-hybridized carbons (Fsp3) is 0.143. The SMILES string of the molecule is N[C@@H](c1ccc(F)cc1)c1cccc(C(F)(F)F)c1. The Hall–Kier alpha value is -1.88. The largest absolute Gasteiger partial charge is 0.416 e. The number of benzene rings is 2. The highest BCUT2D eigenvalue weighted by atomic mass is 19.4. The molecule has 5 heteroatoms. The third-order valence-corrected chi connectivity index (χ3v) is 2.80. The minimum atomic E-state index is -4.40. The summed E-state index contributed by atoms with van der Waals surface area (Å²) < 4.78 is 50.6. The zero-order chi connectivity index (χ0) is 14.0. The second kappa shape index (κ2) is 5.01. The van der Waals surface area contributed by atoms with E-state index in [4.69, 9.17) is 5.73 Å². The van der Waals surface area contributed by atoms with E-state index in [2.05, 4.69) is 0 Å². The van der Waals surface area contributed by atoms with Gasteiger partial charge in [-0.25, -0.2) is 4.39 Å². The monoisotopic (exact) mass is 269 g/mol. The summed E-state index contributed by atoms with van der Waals surface area (Å²) in [6.07, 6.45) is -4.40. The summed E-state index contributed by atoms with van der Waals surface area (Å²) in [5.41, 5.74) is 6.03. The number of hydrogen-bond donors (Lipinski definition) is 1. The third kappa shape index (κ3) is 3.12. The van der Waals surface area contributed by atoms with E-state index in [9.17, 15) is 17.6 Å². The van der Waals surface area contributed by atoms with Gasteiger partial charge in [0.15, 0.2) is 0 Å². The molecule has 2 aromatic carbocycles. The molecule has 0 spiro atoms. The average molecular weight is 269 g/mol. The molecule has 0 aromatic heterocycles. The molecule has 0 saturated carbocycles. The van der Waals surface area contributed by atoms with E-state index >= 15 is 0 Å². The number of alkyl halides is 3. The molecule has 0 bridgehead atoms. The summed E-state index contributed by atoms with van der Waals surface area (Å²) in [6, 6.07) is 9.47. The Kier molecular flexibility index (Phi) is 3.57. The van der Waals surface area contributed by atoms with Crippen LogP contribution in [-0.2, 0) is 6.18 Å². The van der Waals surface area contributed by atoms with Gasteiger partial charge in [0, 0.05) is 0 Å². The molecule has 0 radical (unpaired) electrons. The Balaban J connectivity index is 2.34. The Bertz CT molecular complexity index is 560. The Morgan fingerprint density at radius 3 is 2.11 bits per heavy atom. The van der Waals surface area contributed by atoms with Crippen LogP contribution in [-0.4, -0.2) is 0 Å². The van der Waals surface area contributed by atoms with Crippen LogP contribution >= 0.6 is 0 Å². The molecular weight excluding hydrogens is 258 g/mol. The van der Waals surface area contributed by atoms with Crippen LogP contribution in [0, 0.1) is 5.82 Å². The van der Waals surface area contributed by atoms with Gasteiger partial charge in [0.2, 0.25) is 0 Å². The maximum atomic E-state index is 12.8. The molecule has 0 amide bonds. The fourth-order valence-corrected chi connectivity index (χ4v) is 1.77. The van der Waals surface area contributed by atoms with Gasteiger partial charge in [0.05, 0.1) is 11.6 Å². The molecule has 2 rings (SSSR count). The van der Waals surface area contributed by atoms with Gasteiger partial charge in [-0.1, -0.05) is 24.3 Å². The van der Waals surface area contributed by atoms with E-state index in [1.54, 1.807) is 0 Å². The van der Waals surface area contributed by atoms with Crippen molar-refractivity contribution in [1.82, 2.24) is 0 Å². The van der Waals surface area contributed by atoms with Gasteiger partial charge in [-0.3, -0.25) is 0 Å². The van der Waals surface area contributed by atoms with Crippen molar-refractivity contribution in [3.8, 4) is 0 Å². The lowest BCUT2D eigenvalue weighted by atomic mass is 9.98. The summed E-state index contributed by atoms with van der Waals surface area (Å²) in [6.45, 7) is 0. The zero-order valence-corrected chi connectivity index (χ0v) is 9.79. The second-order valence-electron chi connectivity index (χ2n) is 4.15. The van der Waals surface area contributed by atoms with Gasteiger partial charge in [0.25, 0.3) is 0 Å². The molecule has 19 heavy (non-hydrogen) atoms. The van der Waals surface area contributed by atoms with Crippen molar-refractivity contribution in [3.63, 3.8) is 0 Å². The molecular formula is C14H11F4N. The first kappa shape index (κ1) is 13.5. The van der Waals surface area contributed by atoms with Crippen molar-refractivity contribution in [2.75, 3.05) is 0 Å². The van der Waals surface area contributed by atoms with Crippen LogP contribution in [0.1, 0.15) is 22.7 Å². The topological polar surface area (TPSA) is 26.0 Å². The molecule has 2 N–H and O–H groups in total. The molecule has 100 valence electrons. The maximum Gasteiger partial charge on any atom is 0.416 e. The van der Waals surface area contributed by atoms with Crippen LogP contribution in [0.15, 0.2) is 48.5 Å². The summed E-state index contributed by atoms with van der Waals surface area (Å²) in [5, 5.41) is 0. The molecule has 0 heterocycles. The lowest BCUT2D eigenvalue weighted by Crippen LogP contribution is -2.13. The lowest BCUT2D eigenvalue weighted by molar-refractivity contribution is -0.137. The normalized spacial score (nSPS) is 13.3. The standard InChI is InChI=1S/C14H11F4N/c15-12-6-4-9(5-7-12)13(19)10-2-1-3-11(8-10)14(16,17)18/h1-8,13H,19H2/t13-/m0/s1. The van der Waals surface area contributed by atoms with E-state index in [0.29, 0.717) is 11.1 Å². The van der Waals surface area contributed by atoms with Crippen LogP contribution < -0.4 is 5.73 Å². The molecule has 0 unspecified atom stereocenters. The van der Waals surface area contributed by atoms with Crippen molar-refractivity contribution in [1.29, 1.82) is 0 Å². The first-order valence-electron chi connectivity index (χ1n) is 5.56. The summed E-state index contributed by atoms with van der Waals surface area (Å²) in [5.74, 6) is -0.417. The highest BCUT2D eigenvalue weighted by Crippen LogP contribution is 2.31.